The van der Waals surface area contributed by atoms with E-state index in [0.717, 1.165) is 28.3 Å². The number of carbonyl (C=O) groups is 2. The Bertz CT molecular complexity index is 1650. The van der Waals surface area contributed by atoms with E-state index in [-0.39, 0.29) is 23.1 Å². The van der Waals surface area contributed by atoms with Crippen molar-refractivity contribution in [1.29, 1.82) is 0 Å². The van der Waals surface area contributed by atoms with E-state index in [1.54, 1.807) is 42.7 Å². The topological polar surface area (TPSA) is 127 Å². The van der Waals surface area contributed by atoms with Gasteiger partial charge in [-0.3, -0.25) is 4.79 Å². The summed E-state index contributed by atoms with van der Waals surface area (Å²) in [6, 6.07) is 15.3. The maximum Gasteiger partial charge on any atom is 0.336 e. The summed E-state index contributed by atoms with van der Waals surface area (Å²) in [5.41, 5.74) is 4.21. The molecule has 0 bridgehead atoms. The lowest BCUT2D eigenvalue weighted by Crippen LogP contribution is -2.14. The number of carboxylic acids is 1. The summed E-state index contributed by atoms with van der Waals surface area (Å²) in [6.45, 7) is 0. The third kappa shape index (κ3) is 4.29. The average Bonchev–Trinajstić information content (AvgIpc) is 3.56. The van der Waals surface area contributed by atoms with E-state index >= 15 is 0 Å². The number of ketones is 1. The minimum absolute atomic E-state index is 0.0805. The van der Waals surface area contributed by atoms with E-state index in [2.05, 4.69) is 18.7 Å². The number of fused-ring (bicyclic) bond motifs is 2. The zero-order chi connectivity index (χ0) is 25.2. The highest BCUT2D eigenvalue weighted by atomic mass is 32.1. The van der Waals surface area contributed by atoms with Gasteiger partial charge in [0.15, 0.2) is 17.3 Å². The second kappa shape index (κ2) is 9.59. The fraction of sp³-hybridized carbons (Fsp3) is 0.115. The third-order valence-electron chi connectivity index (χ3n) is 5.84. The molecule has 0 saturated carbocycles. The monoisotopic (exact) mass is 500 g/mol. The van der Waals surface area contributed by atoms with Crippen LogP contribution in [0.3, 0.4) is 0 Å². The minimum atomic E-state index is -1.22. The summed E-state index contributed by atoms with van der Waals surface area (Å²) in [4.78, 5) is 33.8. The van der Waals surface area contributed by atoms with Crippen LogP contribution in [0.1, 0.15) is 21.5 Å². The van der Waals surface area contributed by atoms with Crippen molar-refractivity contribution in [2.45, 2.75) is 6.42 Å². The van der Waals surface area contributed by atoms with Gasteiger partial charge in [-0.05, 0) is 53.6 Å². The molecule has 0 aliphatic carbocycles. The summed E-state index contributed by atoms with van der Waals surface area (Å²) in [7, 11) is 2.98. The molecule has 0 unspecified atom stereocenters. The molecule has 5 rings (SSSR count). The predicted molar refractivity (Wildman–Crippen MR) is 136 cm³/mol. The summed E-state index contributed by atoms with van der Waals surface area (Å²) in [5.74, 6) is -0.823. The molecule has 3 aromatic carbocycles. The number of carboxylic acid groups (broad SMARTS) is 1. The Morgan fingerprint density at radius 1 is 0.889 bits per heavy atom. The van der Waals surface area contributed by atoms with Crippen molar-refractivity contribution in [3.05, 3.63) is 83.2 Å². The van der Waals surface area contributed by atoms with Gasteiger partial charge in [0.1, 0.15) is 11.0 Å². The van der Waals surface area contributed by atoms with E-state index in [9.17, 15) is 14.7 Å². The molecule has 2 aromatic heterocycles. The van der Waals surface area contributed by atoms with Crippen LogP contribution < -0.4 is 9.47 Å². The van der Waals surface area contributed by atoms with Crippen LogP contribution in [0.25, 0.3) is 27.6 Å². The van der Waals surface area contributed by atoms with Gasteiger partial charge in [-0.25, -0.2) is 9.78 Å². The van der Waals surface area contributed by atoms with Gasteiger partial charge in [-0.2, -0.15) is 8.75 Å². The Morgan fingerprint density at radius 2 is 1.64 bits per heavy atom. The van der Waals surface area contributed by atoms with Crippen molar-refractivity contribution in [3.63, 3.8) is 0 Å². The van der Waals surface area contributed by atoms with Crippen LogP contribution in [0.4, 0.5) is 0 Å². The lowest BCUT2D eigenvalue weighted by molar-refractivity contribution is -0.130. The molecule has 0 amide bonds. The summed E-state index contributed by atoms with van der Waals surface area (Å²) >= 11 is 1.04. The number of imidazole rings is 1. The van der Waals surface area contributed by atoms with Crippen LogP contribution in [0.2, 0.25) is 0 Å². The Morgan fingerprint density at radius 3 is 2.42 bits per heavy atom. The third-order valence-corrected chi connectivity index (χ3v) is 6.40. The molecule has 36 heavy (non-hydrogen) atoms. The molecule has 180 valence electrons. The number of Topliss-reactive ketones (excluding diaryl/α,β-unsaturated/α-hetero) is 1. The van der Waals surface area contributed by atoms with Gasteiger partial charge >= 0.3 is 5.97 Å². The SMILES string of the molecule is COc1ccc(C(=O)C(Cc2ccc3nc[nH]c3c2)=C(C(=O)O)c2ccc3nsnc3c2)cc1OC. The standard InChI is InChI=1S/C26H20N4O5S/c1-34-22-8-5-16(12-23(22)35-2)25(31)17(9-14-3-6-18-20(10-14)28-13-27-18)24(26(32)33)15-4-7-19-21(11-15)30-36-29-19/h3-8,10-13H,9H2,1-2H3,(H,27,28)(H,32,33). The summed E-state index contributed by atoms with van der Waals surface area (Å²) in [5, 5.41) is 10.3. The van der Waals surface area contributed by atoms with Gasteiger partial charge in [-0.15, -0.1) is 0 Å². The molecule has 10 heteroatoms. The molecule has 0 radical (unpaired) electrons. The highest BCUT2D eigenvalue weighted by molar-refractivity contribution is 7.00. The Kier molecular flexibility index (Phi) is 6.17. The molecule has 0 fully saturated rings. The lowest BCUT2D eigenvalue weighted by atomic mass is 9.89. The second-order valence-corrected chi connectivity index (χ2v) is 8.48. The number of nitrogens with zero attached hydrogens (tertiary/aromatic N) is 3. The molecule has 0 atom stereocenters. The molecular formula is C26H20N4O5S. The highest BCUT2D eigenvalue weighted by Gasteiger charge is 2.25. The largest absolute Gasteiger partial charge is 0.493 e. The van der Waals surface area contributed by atoms with Crippen LogP contribution >= 0.6 is 11.7 Å². The number of aromatic nitrogens is 4. The number of aliphatic carboxylic acids is 1. The smallest absolute Gasteiger partial charge is 0.336 e. The molecule has 0 saturated heterocycles. The van der Waals surface area contributed by atoms with Crippen molar-refractivity contribution < 1.29 is 24.2 Å². The van der Waals surface area contributed by atoms with E-state index in [1.165, 1.54) is 14.2 Å². The van der Waals surface area contributed by atoms with Crippen LogP contribution in [0.15, 0.2) is 66.5 Å². The molecule has 9 nitrogen and oxygen atoms in total. The zero-order valence-electron chi connectivity index (χ0n) is 19.3. The van der Waals surface area contributed by atoms with Crippen LogP contribution in [0.5, 0.6) is 11.5 Å². The van der Waals surface area contributed by atoms with E-state index < -0.39 is 11.8 Å². The van der Waals surface area contributed by atoms with Crippen molar-refractivity contribution in [2.24, 2.45) is 0 Å². The second-order valence-electron chi connectivity index (χ2n) is 7.96. The van der Waals surface area contributed by atoms with Crippen molar-refractivity contribution in [3.8, 4) is 11.5 Å². The summed E-state index contributed by atoms with van der Waals surface area (Å²) in [6.07, 6.45) is 1.66. The van der Waals surface area contributed by atoms with Crippen molar-refractivity contribution >= 4 is 51.1 Å². The van der Waals surface area contributed by atoms with Crippen molar-refractivity contribution in [1.82, 2.24) is 18.7 Å². The first-order valence-electron chi connectivity index (χ1n) is 10.9. The van der Waals surface area contributed by atoms with Gasteiger partial charge in [0.25, 0.3) is 0 Å². The summed E-state index contributed by atoms with van der Waals surface area (Å²) < 4.78 is 19.1. The Balaban J connectivity index is 1.69. The van der Waals surface area contributed by atoms with Crippen molar-refractivity contribution in [2.75, 3.05) is 14.2 Å². The van der Waals surface area contributed by atoms with Crippen LogP contribution in [-0.2, 0) is 11.2 Å². The number of carbonyl (C=O) groups excluding carboxylic acids is 1. The molecule has 2 heterocycles. The number of hydrogen-bond donors (Lipinski definition) is 2. The van der Waals surface area contributed by atoms with Gasteiger partial charge in [0, 0.05) is 17.6 Å². The average molecular weight is 501 g/mol. The normalized spacial score (nSPS) is 11.9. The van der Waals surface area contributed by atoms with E-state index in [4.69, 9.17) is 9.47 Å². The molecular weight excluding hydrogens is 480 g/mol. The Hall–Kier alpha value is -4.57. The molecule has 0 aliphatic heterocycles. The van der Waals surface area contributed by atoms with Crippen LogP contribution in [0, 0.1) is 0 Å². The maximum absolute atomic E-state index is 13.9. The van der Waals surface area contributed by atoms with Crippen LogP contribution in [-0.4, -0.2) is 49.8 Å². The fourth-order valence-electron chi connectivity index (χ4n) is 4.10. The maximum atomic E-state index is 13.9. The van der Waals surface area contributed by atoms with E-state index in [0.29, 0.717) is 28.1 Å². The number of ether oxygens (including phenoxy) is 2. The number of rotatable bonds is 8. The number of aromatic amines is 1. The number of benzene rings is 3. The Labute approximate surface area is 209 Å². The van der Waals surface area contributed by atoms with Gasteiger partial charge in [0.05, 0.1) is 48.9 Å². The number of H-pyrrole nitrogens is 1. The number of methoxy groups -OCH3 is 2. The quantitative estimate of drug-likeness (QED) is 0.235. The molecule has 0 aliphatic rings. The van der Waals surface area contributed by atoms with E-state index in [1.807, 2.05) is 18.2 Å². The van der Waals surface area contributed by atoms with Gasteiger partial charge in [-0.1, -0.05) is 12.1 Å². The number of allylic oxidation sites excluding steroid dienone is 1. The van der Waals surface area contributed by atoms with Gasteiger partial charge in [0.2, 0.25) is 0 Å². The number of nitrogens with one attached hydrogen (secondary N) is 1. The first-order chi connectivity index (χ1) is 17.5. The molecule has 2 N–H and O–H groups in total. The predicted octanol–water partition coefficient (Wildman–Crippen LogP) is 4.55. The first kappa shape index (κ1) is 23.2. The fourth-order valence-corrected chi connectivity index (χ4v) is 4.61. The minimum Gasteiger partial charge on any atom is -0.493 e. The zero-order valence-corrected chi connectivity index (χ0v) is 20.1. The highest BCUT2D eigenvalue weighted by Crippen LogP contribution is 2.32. The lowest BCUT2D eigenvalue weighted by Gasteiger charge is -2.14. The first-order valence-corrected chi connectivity index (χ1v) is 11.6. The molecule has 5 aromatic rings. The molecule has 0 spiro atoms. The number of hydrogen-bond acceptors (Lipinski definition) is 8. The van der Waals surface area contributed by atoms with Gasteiger partial charge < -0.3 is 19.6 Å².